The smallest absolute Gasteiger partial charge is 0.337 e. The third-order valence-electron chi connectivity index (χ3n) is 6.01. The fourth-order valence-corrected chi connectivity index (χ4v) is 4.34. The Labute approximate surface area is 216 Å². The van der Waals surface area contributed by atoms with Gasteiger partial charge in [-0.3, -0.25) is 0 Å². The molecular weight excluding hydrogens is 460 g/mol. The lowest BCUT2D eigenvalue weighted by Crippen LogP contribution is -2.14. The Balaban J connectivity index is 1.85. The molecular formula is C33H24O4. The Morgan fingerprint density at radius 1 is 0.595 bits per heavy atom. The Hall–Kier alpha value is -5.06. The van der Waals surface area contributed by atoms with E-state index in [1.807, 2.05) is 67.6 Å². The first-order valence-electron chi connectivity index (χ1n) is 11.9. The van der Waals surface area contributed by atoms with Gasteiger partial charge in [0.2, 0.25) is 0 Å². The zero-order chi connectivity index (χ0) is 26.2. The van der Waals surface area contributed by atoms with Gasteiger partial charge < -0.3 is 10.2 Å². The van der Waals surface area contributed by atoms with Gasteiger partial charge in [0.25, 0.3) is 0 Å². The van der Waals surface area contributed by atoms with Gasteiger partial charge in [-0.1, -0.05) is 91.3 Å². The van der Waals surface area contributed by atoms with Crippen LogP contribution >= 0.6 is 0 Å². The first kappa shape index (κ1) is 25.0. The predicted molar refractivity (Wildman–Crippen MR) is 144 cm³/mol. The second kappa shape index (κ2) is 11.6. The standard InChI is InChI=1S/C33H24O4/c1-2-27(28-17-9-15-25(30(28)32(34)35)21-19-23-11-5-3-6-12-23)29-18-10-16-26(31(29)33(36)37)22-20-24-13-7-4-8-14-24/h3-18,27H,2H2,1H3,(H,34,35)(H,36,37). The number of hydrogen-bond acceptors (Lipinski definition) is 2. The molecule has 4 heteroatoms. The molecule has 0 atom stereocenters. The van der Waals surface area contributed by atoms with Crippen LogP contribution < -0.4 is 0 Å². The molecule has 0 bridgehead atoms. The van der Waals surface area contributed by atoms with Gasteiger partial charge in [-0.05, 0) is 53.9 Å². The van der Waals surface area contributed by atoms with E-state index >= 15 is 0 Å². The van der Waals surface area contributed by atoms with Crippen LogP contribution in [0.25, 0.3) is 0 Å². The quantitative estimate of drug-likeness (QED) is 0.320. The van der Waals surface area contributed by atoms with E-state index in [9.17, 15) is 19.8 Å². The van der Waals surface area contributed by atoms with Crippen LogP contribution in [0.2, 0.25) is 0 Å². The number of carbonyl (C=O) groups is 2. The van der Waals surface area contributed by atoms with Gasteiger partial charge in [0.15, 0.2) is 0 Å². The van der Waals surface area contributed by atoms with Crippen molar-refractivity contribution in [1.82, 2.24) is 0 Å². The summed E-state index contributed by atoms with van der Waals surface area (Å²) in [5.41, 5.74) is 3.50. The summed E-state index contributed by atoms with van der Waals surface area (Å²) in [4.78, 5) is 24.9. The Kier molecular flexibility index (Phi) is 7.84. The second-order valence-corrected chi connectivity index (χ2v) is 8.34. The van der Waals surface area contributed by atoms with E-state index < -0.39 is 17.9 Å². The number of hydrogen-bond donors (Lipinski definition) is 2. The molecule has 0 aliphatic carbocycles. The lowest BCUT2D eigenvalue weighted by atomic mass is 9.81. The highest BCUT2D eigenvalue weighted by Crippen LogP contribution is 2.35. The van der Waals surface area contributed by atoms with Crippen molar-refractivity contribution in [1.29, 1.82) is 0 Å². The third kappa shape index (κ3) is 5.78. The maximum absolute atomic E-state index is 12.4. The molecule has 37 heavy (non-hydrogen) atoms. The Morgan fingerprint density at radius 3 is 1.35 bits per heavy atom. The normalized spacial score (nSPS) is 10.1. The molecule has 0 amide bonds. The molecule has 4 nitrogen and oxygen atoms in total. The van der Waals surface area contributed by atoms with Gasteiger partial charge in [0, 0.05) is 28.2 Å². The first-order valence-corrected chi connectivity index (χ1v) is 11.9. The minimum absolute atomic E-state index is 0.0786. The number of rotatable bonds is 5. The highest BCUT2D eigenvalue weighted by atomic mass is 16.4. The van der Waals surface area contributed by atoms with E-state index in [1.165, 1.54) is 0 Å². The SMILES string of the molecule is CCC(c1cccc(C#Cc2ccccc2)c1C(=O)O)c1cccc(C#Cc2ccccc2)c1C(=O)O. The molecule has 0 radical (unpaired) electrons. The number of carboxylic acids is 2. The second-order valence-electron chi connectivity index (χ2n) is 8.34. The number of aromatic carboxylic acids is 2. The summed E-state index contributed by atoms with van der Waals surface area (Å²) in [6, 6.07) is 29.0. The molecule has 4 aromatic rings. The minimum Gasteiger partial charge on any atom is -0.478 e. The van der Waals surface area contributed by atoms with Crippen LogP contribution in [0.15, 0.2) is 97.1 Å². The molecule has 0 unspecified atom stereocenters. The maximum Gasteiger partial charge on any atom is 0.337 e. The van der Waals surface area contributed by atoms with E-state index in [1.54, 1.807) is 36.4 Å². The summed E-state index contributed by atoms with van der Waals surface area (Å²) in [6.45, 7) is 1.91. The summed E-state index contributed by atoms with van der Waals surface area (Å²) in [5.74, 6) is 9.36. The van der Waals surface area contributed by atoms with E-state index in [0.717, 1.165) is 11.1 Å². The van der Waals surface area contributed by atoms with E-state index in [-0.39, 0.29) is 11.1 Å². The molecule has 0 aliphatic heterocycles. The molecule has 0 saturated carbocycles. The zero-order valence-corrected chi connectivity index (χ0v) is 20.2. The van der Waals surface area contributed by atoms with E-state index in [4.69, 9.17) is 0 Å². The summed E-state index contributed by atoms with van der Waals surface area (Å²) in [7, 11) is 0. The zero-order valence-electron chi connectivity index (χ0n) is 20.2. The van der Waals surface area contributed by atoms with Gasteiger partial charge in [-0.2, -0.15) is 0 Å². The fraction of sp³-hybridized carbons (Fsp3) is 0.0909. The minimum atomic E-state index is -1.11. The molecule has 180 valence electrons. The van der Waals surface area contributed by atoms with E-state index in [0.29, 0.717) is 28.7 Å². The number of carboxylic acid groups (broad SMARTS) is 2. The monoisotopic (exact) mass is 484 g/mol. The summed E-state index contributed by atoms with van der Waals surface area (Å²) in [6.07, 6.45) is 0.492. The van der Waals surface area contributed by atoms with Crippen LogP contribution in [-0.4, -0.2) is 22.2 Å². The molecule has 4 rings (SSSR count). The van der Waals surface area contributed by atoms with Crippen LogP contribution in [0.5, 0.6) is 0 Å². The molecule has 0 spiro atoms. The van der Waals surface area contributed by atoms with Crippen LogP contribution in [0, 0.1) is 23.7 Å². The first-order chi connectivity index (χ1) is 18.0. The highest BCUT2D eigenvalue weighted by molar-refractivity contribution is 5.95. The van der Waals surface area contributed by atoms with Crippen molar-refractivity contribution in [2.45, 2.75) is 19.3 Å². The molecule has 0 aromatic heterocycles. The molecule has 0 fully saturated rings. The Bertz CT molecular complexity index is 1440. The molecule has 0 aliphatic rings. The summed E-state index contributed by atoms with van der Waals surface area (Å²) >= 11 is 0. The van der Waals surface area contributed by atoms with Crippen molar-refractivity contribution in [3.63, 3.8) is 0 Å². The molecule has 2 N–H and O–H groups in total. The topological polar surface area (TPSA) is 74.6 Å². The fourth-order valence-electron chi connectivity index (χ4n) is 4.34. The molecule has 0 heterocycles. The van der Waals surface area contributed by atoms with Crippen LogP contribution in [0.1, 0.15) is 73.4 Å². The van der Waals surface area contributed by atoms with Gasteiger partial charge in [-0.25, -0.2) is 9.59 Å². The van der Waals surface area contributed by atoms with Crippen molar-refractivity contribution in [2.24, 2.45) is 0 Å². The number of benzene rings is 4. The average molecular weight is 485 g/mol. The lowest BCUT2D eigenvalue weighted by Gasteiger charge is -2.21. The van der Waals surface area contributed by atoms with Crippen molar-refractivity contribution in [3.8, 4) is 23.7 Å². The van der Waals surface area contributed by atoms with Crippen LogP contribution in [0.4, 0.5) is 0 Å². The van der Waals surface area contributed by atoms with Crippen molar-refractivity contribution in [3.05, 3.63) is 142 Å². The Morgan fingerprint density at radius 2 is 1.00 bits per heavy atom. The van der Waals surface area contributed by atoms with Gasteiger partial charge in [0.1, 0.15) is 0 Å². The van der Waals surface area contributed by atoms with Crippen molar-refractivity contribution < 1.29 is 19.8 Å². The predicted octanol–water partition coefficient (Wildman–Crippen LogP) is 6.42. The third-order valence-corrected chi connectivity index (χ3v) is 6.01. The van der Waals surface area contributed by atoms with Gasteiger partial charge in [0.05, 0.1) is 11.1 Å². The maximum atomic E-state index is 12.4. The summed E-state index contributed by atoms with van der Waals surface area (Å²) in [5, 5.41) is 20.3. The molecule has 0 saturated heterocycles. The average Bonchev–Trinajstić information content (AvgIpc) is 2.92. The highest BCUT2D eigenvalue weighted by Gasteiger charge is 2.26. The van der Waals surface area contributed by atoms with Crippen molar-refractivity contribution in [2.75, 3.05) is 0 Å². The van der Waals surface area contributed by atoms with Gasteiger partial charge in [-0.15, -0.1) is 0 Å². The summed E-state index contributed by atoms with van der Waals surface area (Å²) < 4.78 is 0. The van der Waals surface area contributed by atoms with Gasteiger partial charge >= 0.3 is 11.9 Å². The van der Waals surface area contributed by atoms with E-state index in [2.05, 4.69) is 23.7 Å². The largest absolute Gasteiger partial charge is 0.478 e. The lowest BCUT2D eigenvalue weighted by molar-refractivity contribution is 0.0686. The van der Waals surface area contributed by atoms with Crippen LogP contribution in [0.3, 0.4) is 0 Å². The van der Waals surface area contributed by atoms with Crippen molar-refractivity contribution >= 4 is 11.9 Å². The van der Waals surface area contributed by atoms with Crippen LogP contribution in [-0.2, 0) is 0 Å². The molecule has 4 aromatic carbocycles.